The van der Waals surface area contributed by atoms with Gasteiger partial charge in [-0.1, -0.05) is 18.6 Å². The summed E-state index contributed by atoms with van der Waals surface area (Å²) in [6.45, 7) is 3.27. The van der Waals surface area contributed by atoms with Crippen molar-refractivity contribution in [2.24, 2.45) is 5.41 Å². The highest BCUT2D eigenvalue weighted by Crippen LogP contribution is 2.65. The summed E-state index contributed by atoms with van der Waals surface area (Å²) in [5.74, 6) is 1.97. The fraction of sp³-hybridized carbons (Fsp3) is 0.591. The van der Waals surface area contributed by atoms with Gasteiger partial charge in [0.25, 0.3) is 0 Å². The molecule has 0 N–H and O–H groups in total. The smallest absolute Gasteiger partial charge is 0.246 e. The van der Waals surface area contributed by atoms with E-state index in [9.17, 15) is 4.79 Å². The van der Waals surface area contributed by atoms with Crippen molar-refractivity contribution in [1.82, 2.24) is 15.1 Å². The monoisotopic (exact) mass is 397 g/mol. The number of aryl methyl sites for hydroxylation is 1. The quantitative estimate of drug-likeness (QED) is 0.789. The van der Waals surface area contributed by atoms with Crippen molar-refractivity contribution >= 4 is 5.91 Å². The topological polar surface area (TPSA) is 77.7 Å². The molecular formula is C22H27N3O4. The number of benzene rings is 1. The summed E-state index contributed by atoms with van der Waals surface area (Å²) in [7, 11) is 1.66. The predicted molar refractivity (Wildman–Crippen MR) is 104 cm³/mol. The number of hydrogen-bond donors (Lipinski definition) is 0. The number of rotatable bonds is 4. The van der Waals surface area contributed by atoms with Gasteiger partial charge < -0.3 is 18.8 Å². The van der Waals surface area contributed by atoms with E-state index in [1.807, 2.05) is 17.0 Å². The molecule has 3 fully saturated rings. The van der Waals surface area contributed by atoms with Crippen LogP contribution in [0, 0.1) is 12.3 Å². The highest BCUT2D eigenvalue weighted by Gasteiger charge is 2.62. The predicted octanol–water partition coefficient (Wildman–Crippen LogP) is 3.19. The van der Waals surface area contributed by atoms with Crippen molar-refractivity contribution in [3.63, 3.8) is 0 Å². The standard InChI is InChI=1S/C22H27N3O4/c1-15-23-24-19(29-15)18-12-25(10-11-28-18)20(26)22(13-21(14-22)8-3-9-21)16-4-6-17(27-2)7-5-16/h4-7,18H,3,8-14H2,1-2H3. The summed E-state index contributed by atoms with van der Waals surface area (Å²) in [5, 5.41) is 7.99. The van der Waals surface area contributed by atoms with E-state index >= 15 is 0 Å². The SMILES string of the molecule is COc1ccc(C2(C(=O)N3CCOC(c4nnc(C)o4)C3)CC3(CCC3)C2)cc1. The van der Waals surface area contributed by atoms with Gasteiger partial charge in [0.15, 0.2) is 6.10 Å². The van der Waals surface area contributed by atoms with Crippen LogP contribution in [0.25, 0.3) is 0 Å². The Bertz CT molecular complexity index is 895. The van der Waals surface area contributed by atoms with E-state index in [1.165, 1.54) is 19.3 Å². The summed E-state index contributed by atoms with van der Waals surface area (Å²) >= 11 is 0. The molecule has 1 unspecified atom stereocenters. The van der Waals surface area contributed by atoms with E-state index < -0.39 is 5.41 Å². The zero-order chi connectivity index (χ0) is 20.1. The van der Waals surface area contributed by atoms with Crippen molar-refractivity contribution in [2.45, 2.75) is 50.5 Å². The maximum absolute atomic E-state index is 13.8. The largest absolute Gasteiger partial charge is 0.497 e. The molecule has 5 rings (SSSR count). The molecule has 2 aliphatic carbocycles. The molecule has 1 spiro atoms. The van der Waals surface area contributed by atoms with Crippen molar-refractivity contribution in [3.8, 4) is 5.75 Å². The van der Waals surface area contributed by atoms with Crippen LogP contribution in [-0.2, 0) is 14.9 Å². The third kappa shape index (κ3) is 3.03. The average Bonchev–Trinajstić information content (AvgIpc) is 3.13. The second-order valence-corrected chi connectivity index (χ2v) is 8.79. The van der Waals surface area contributed by atoms with E-state index in [1.54, 1.807) is 14.0 Å². The van der Waals surface area contributed by atoms with Gasteiger partial charge in [-0.15, -0.1) is 10.2 Å². The summed E-state index contributed by atoms with van der Waals surface area (Å²) < 4.78 is 16.7. The third-order valence-corrected chi connectivity index (χ3v) is 6.99. The lowest BCUT2D eigenvalue weighted by Gasteiger charge is -2.61. The molecule has 29 heavy (non-hydrogen) atoms. The Kier molecular flexibility index (Phi) is 4.38. The Morgan fingerprint density at radius 2 is 1.97 bits per heavy atom. The van der Waals surface area contributed by atoms with Crippen LogP contribution >= 0.6 is 0 Å². The van der Waals surface area contributed by atoms with Gasteiger partial charge in [-0.2, -0.15) is 0 Å². The van der Waals surface area contributed by atoms with Crippen LogP contribution < -0.4 is 4.74 Å². The van der Waals surface area contributed by atoms with Gasteiger partial charge in [-0.25, -0.2) is 0 Å². The number of aromatic nitrogens is 2. The minimum atomic E-state index is -0.445. The van der Waals surface area contributed by atoms with Gasteiger partial charge in [0, 0.05) is 13.5 Å². The molecule has 7 nitrogen and oxygen atoms in total. The lowest BCUT2D eigenvalue weighted by Crippen LogP contribution is -2.62. The van der Waals surface area contributed by atoms with Crippen LogP contribution in [0.5, 0.6) is 5.75 Å². The van der Waals surface area contributed by atoms with Gasteiger partial charge in [0.1, 0.15) is 5.75 Å². The molecule has 0 radical (unpaired) electrons. The van der Waals surface area contributed by atoms with E-state index in [2.05, 4.69) is 22.3 Å². The zero-order valence-corrected chi connectivity index (χ0v) is 17.0. The minimum Gasteiger partial charge on any atom is -0.497 e. The minimum absolute atomic E-state index is 0.199. The lowest BCUT2D eigenvalue weighted by atomic mass is 9.43. The van der Waals surface area contributed by atoms with Gasteiger partial charge in [-0.3, -0.25) is 4.79 Å². The number of carbonyl (C=O) groups excluding carboxylic acids is 1. The third-order valence-electron chi connectivity index (χ3n) is 6.99. The van der Waals surface area contributed by atoms with Gasteiger partial charge >= 0.3 is 0 Å². The molecular weight excluding hydrogens is 370 g/mol. The van der Waals surface area contributed by atoms with Crippen LogP contribution in [-0.4, -0.2) is 47.8 Å². The molecule has 1 aromatic carbocycles. The fourth-order valence-corrected chi connectivity index (χ4v) is 5.38. The maximum atomic E-state index is 13.8. The molecule has 1 aliphatic heterocycles. The van der Waals surface area contributed by atoms with Crippen molar-refractivity contribution in [2.75, 3.05) is 26.8 Å². The fourth-order valence-electron chi connectivity index (χ4n) is 5.38. The Labute approximate surface area is 170 Å². The van der Waals surface area contributed by atoms with E-state index in [0.717, 1.165) is 24.2 Å². The highest BCUT2D eigenvalue weighted by molar-refractivity contribution is 5.90. The molecule has 1 saturated heterocycles. The lowest BCUT2D eigenvalue weighted by molar-refractivity contribution is -0.161. The molecule has 0 bridgehead atoms. The second-order valence-electron chi connectivity index (χ2n) is 8.79. The van der Waals surface area contributed by atoms with Crippen LogP contribution in [0.4, 0.5) is 0 Å². The first kappa shape index (κ1) is 18.6. The number of amides is 1. The Balaban J connectivity index is 1.40. The average molecular weight is 397 g/mol. The van der Waals surface area contributed by atoms with Gasteiger partial charge in [0.2, 0.25) is 17.7 Å². The number of nitrogens with zero attached hydrogens (tertiary/aromatic N) is 3. The molecule has 2 saturated carbocycles. The van der Waals surface area contributed by atoms with Crippen molar-refractivity contribution in [3.05, 3.63) is 41.6 Å². The summed E-state index contributed by atoms with van der Waals surface area (Å²) in [6.07, 6.45) is 5.28. The zero-order valence-electron chi connectivity index (χ0n) is 17.0. The Morgan fingerprint density at radius 3 is 2.55 bits per heavy atom. The molecule has 2 heterocycles. The molecule has 1 amide bonds. The van der Waals surface area contributed by atoms with E-state index in [-0.39, 0.29) is 12.0 Å². The van der Waals surface area contributed by atoms with Crippen molar-refractivity contribution < 1.29 is 18.7 Å². The molecule has 1 atom stereocenters. The summed E-state index contributed by atoms with van der Waals surface area (Å²) in [6, 6.07) is 8.03. The Hall–Kier alpha value is -2.41. The van der Waals surface area contributed by atoms with Crippen LogP contribution in [0.3, 0.4) is 0 Å². The van der Waals surface area contributed by atoms with E-state index in [0.29, 0.717) is 36.9 Å². The first-order chi connectivity index (χ1) is 14.0. The number of ether oxygens (including phenoxy) is 2. The molecule has 2 aromatic rings. The molecule has 7 heteroatoms. The first-order valence-corrected chi connectivity index (χ1v) is 10.4. The Morgan fingerprint density at radius 1 is 1.21 bits per heavy atom. The van der Waals surface area contributed by atoms with Gasteiger partial charge in [0.05, 0.1) is 25.7 Å². The number of carbonyl (C=O) groups is 1. The first-order valence-electron chi connectivity index (χ1n) is 10.4. The number of morpholine rings is 1. The highest BCUT2D eigenvalue weighted by atomic mass is 16.5. The molecule has 154 valence electrons. The van der Waals surface area contributed by atoms with E-state index in [4.69, 9.17) is 13.9 Å². The maximum Gasteiger partial charge on any atom is 0.246 e. The van der Waals surface area contributed by atoms with Crippen LogP contribution in [0.1, 0.15) is 55.6 Å². The normalized spacial score (nSPS) is 24.6. The van der Waals surface area contributed by atoms with Crippen molar-refractivity contribution in [1.29, 1.82) is 0 Å². The van der Waals surface area contributed by atoms with Crippen LogP contribution in [0.15, 0.2) is 28.7 Å². The number of methoxy groups -OCH3 is 1. The van der Waals surface area contributed by atoms with Gasteiger partial charge in [-0.05, 0) is 48.8 Å². The second kappa shape index (κ2) is 6.83. The number of hydrogen-bond acceptors (Lipinski definition) is 6. The summed E-state index contributed by atoms with van der Waals surface area (Å²) in [5.41, 5.74) is 1.02. The van der Waals surface area contributed by atoms with Crippen LogP contribution in [0.2, 0.25) is 0 Å². The molecule has 1 aromatic heterocycles. The molecule has 3 aliphatic rings. The summed E-state index contributed by atoms with van der Waals surface area (Å²) in [4.78, 5) is 15.8.